The average molecular weight is 565 g/mol. The lowest BCUT2D eigenvalue weighted by Crippen LogP contribution is -2.38. The van der Waals surface area contributed by atoms with E-state index in [0.717, 1.165) is 50.7 Å². The van der Waals surface area contributed by atoms with Crippen molar-refractivity contribution >= 4 is 35.8 Å². The number of carbonyl (C=O) groups excluding carboxylic acids is 1. The quantitative estimate of drug-likeness (QED) is 0.262. The van der Waals surface area contributed by atoms with E-state index in [0.29, 0.717) is 13.0 Å². The number of hydrogen-bond donors (Lipinski definition) is 2. The number of nitrogens with one attached hydrogen (secondary N) is 2. The number of nitrogens with zero attached hydrogens (tertiary/aromatic N) is 2. The van der Waals surface area contributed by atoms with Crippen LogP contribution in [-0.2, 0) is 17.6 Å². The average Bonchev–Trinajstić information content (AvgIpc) is 3.16. The number of likely N-dealkylation sites (tertiary alicyclic amines) is 1. The lowest BCUT2D eigenvalue weighted by atomic mass is 10.1. The summed E-state index contributed by atoms with van der Waals surface area (Å²) in [5, 5.41) is 6.73. The first kappa shape index (κ1) is 27.0. The number of rotatable bonds is 10. The highest BCUT2D eigenvalue weighted by Gasteiger charge is 2.29. The van der Waals surface area contributed by atoms with Gasteiger partial charge in [0.15, 0.2) is 5.96 Å². The maximum Gasteiger partial charge on any atom is 0.223 e. The van der Waals surface area contributed by atoms with Gasteiger partial charge in [0.25, 0.3) is 0 Å². The van der Waals surface area contributed by atoms with Crippen LogP contribution in [0.25, 0.3) is 0 Å². The smallest absolute Gasteiger partial charge is 0.223 e. The summed E-state index contributed by atoms with van der Waals surface area (Å²) in [4.78, 5) is 19.2. The van der Waals surface area contributed by atoms with E-state index in [9.17, 15) is 4.79 Å². The molecule has 0 radical (unpaired) electrons. The van der Waals surface area contributed by atoms with Crippen molar-refractivity contribution in [1.29, 1.82) is 0 Å². The van der Waals surface area contributed by atoms with Gasteiger partial charge in [-0.05, 0) is 43.9 Å². The highest BCUT2D eigenvalue weighted by Crippen LogP contribution is 2.20. The molecule has 7 heteroatoms. The number of hydrogen-bond acceptors (Lipinski definition) is 3. The summed E-state index contributed by atoms with van der Waals surface area (Å²) in [6.45, 7) is 7.93. The molecule has 6 nitrogen and oxygen atoms in total. The van der Waals surface area contributed by atoms with Crippen molar-refractivity contribution in [2.75, 3.05) is 39.8 Å². The molecule has 1 aliphatic rings. The Morgan fingerprint density at radius 2 is 1.94 bits per heavy atom. The minimum absolute atomic E-state index is 0. The van der Waals surface area contributed by atoms with Gasteiger partial charge in [0.2, 0.25) is 5.91 Å². The van der Waals surface area contributed by atoms with Gasteiger partial charge in [0, 0.05) is 45.1 Å². The summed E-state index contributed by atoms with van der Waals surface area (Å²) >= 11 is 0. The number of halogens is 1. The minimum atomic E-state index is 0. The third kappa shape index (κ3) is 8.53. The molecule has 2 aromatic carbocycles. The highest BCUT2D eigenvalue weighted by molar-refractivity contribution is 14.0. The molecule has 0 spiro atoms. The minimum Gasteiger partial charge on any atom is -0.496 e. The summed E-state index contributed by atoms with van der Waals surface area (Å²) in [5.74, 6) is 2.23. The van der Waals surface area contributed by atoms with Crippen LogP contribution in [0.5, 0.6) is 5.75 Å². The summed E-state index contributed by atoms with van der Waals surface area (Å²) in [5.41, 5.74) is 3.68. The molecule has 1 heterocycles. The molecule has 33 heavy (non-hydrogen) atoms. The van der Waals surface area contributed by atoms with Gasteiger partial charge < -0.3 is 20.3 Å². The van der Waals surface area contributed by atoms with Crippen LogP contribution in [0.15, 0.2) is 53.5 Å². The predicted octanol–water partition coefficient (Wildman–Crippen LogP) is 3.81. The Balaban J connectivity index is 0.00000385. The largest absolute Gasteiger partial charge is 0.496 e. The van der Waals surface area contributed by atoms with Crippen LogP contribution in [0.1, 0.15) is 30.0 Å². The van der Waals surface area contributed by atoms with E-state index >= 15 is 0 Å². The predicted molar refractivity (Wildman–Crippen MR) is 146 cm³/mol. The van der Waals surface area contributed by atoms with E-state index in [1.807, 2.05) is 29.2 Å². The number of benzene rings is 2. The van der Waals surface area contributed by atoms with Gasteiger partial charge in [-0.1, -0.05) is 48.0 Å². The second-order valence-corrected chi connectivity index (χ2v) is 8.36. The molecule has 1 unspecified atom stereocenters. The molecule has 0 aromatic heterocycles. The van der Waals surface area contributed by atoms with Crippen molar-refractivity contribution in [3.8, 4) is 5.75 Å². The molecule has 1 atom stereocenters. The Kier molecular flexibility index (Phi) is 11.5. The molecule has 1 fully saturated rings. The zero-order valence-electron chi connectivity index (χ0n) is 20.0. The maximum atomic E-state index is 12.4. The number of ether oxygens (including phenoxy) is 1. The van der Waals surface area contributed by atoms with Gasteiger partial charge >= 0.3 is 0 Å². The van der Waals surface area contributed by atoms with Gasteiger partial charge in [-0.15, -0.1) is 24.0 Å². The molecule has 1 saturated heterocycles. The van der Waals surface area contributed by atoms with Gasteiger partial charge in [-0.2, -0.15) is 0 Å². The molecule has 0 bridgehead atoms. The Bertz CT molecular complexity index is 904. The summed E-state index contributed by atoms with van der Waals surface area (Å²) in [7, 11) is 1.71. The standard InChI is InChI=1S/C26H36N4O2.HI/c1-4-27-26(28-14-12-23-16-20(2)10-11-24(23)32-3)29-18-22-17-25(31)30(19-22)15-13-21-8-6-5-7-9-21;/h5-11,16,22H,4,12-15,17-19H2,1-3H3,(H2,27,28,29);1H. The van der Waals surface area contributed by atoms with Gasteiger partial charge in [-0.25, -0.2) is 0 Å². The number of methoxy groups -OCH3 is 1. The van der Waals surface area contributed by atoms with E-state index in [4.69, 9.17) is 9.73 Å². The molecule has 180 valence electrons. The Morgan fingerprint density at radius 3 is 2.67 bits per heavy atom. The van der Waals surface area contributed by atoms with Crippen molar-refractivity contribution < 1.29 is 9.53 Å². The lowest BCUT2D eigenvalue weighted by molar-refractivity contribution is -0.127. The number of amides is 1. The third-order valence-corrected chi connectivity index (χ3v) is 5.78. The second-order valence-electron chi connectivity index (χ2n) is 8.36. The van der Waals surface area contributed by atoms with E-state index in [1.54, 1.807) is 7.11 Å². The van der Waals surface area contributed by atoms with Crippen molar-refractivity contribution in [3.05, 3.63) is 65.2 Å². The first-order valence-electron chi connectivity index (χ1n) is 11.6. The van der Waals surface area contributed by atoms with Gasteiger partial charge in [0.1, 0.15) is 5.75 Å². The van der Waals surface area contributed by atoms with Crippen LogP contribution >= 0.6 is 24.0 Å². The molecule has 2 N–H and O–H groups in total. The van der Waals surface area contributed by atoms with Crippen LogP contribution < -0.4 is 15.4 Å². The fourth-order valence-corrected chi connectivity index (χ4v) is 4.08. The molecule has 1 aliphatic heterocycles. The molecule has 0 saturated carbocycles. The summed E-state index contributed by atoms with van der Waals surface area (Å²) < 4.78 is 5.48. The van der Waals surface area contributed by atoms with Crippen LogP contribution in [0.3, 0.4) is 0 Å². The Morgan fingerprint density at radius 1 is 1.15 bits per heavy atom. The van der Waals surface area contributed by atoms with E-state index < -0.39 is 0 Å². The van der Waals surface area contributed by atoms with Crippen LogP contribution in [0.2, 0.25) is 0 Å². The van der Waals surface area contributed by atoms with Gasteiger partial charge in [0.05, 0.1) is 7.11 Å². The van der Waals surface area contributed by atoms with E-state index in [1.165, 1.54) is 16.7 Å². The number of carbonyl (C=O) groups is 1. The molecule has 2 aromatic rings. The second kappa shape index (κ2) is 14.1. The SMILES string of the molecule is CCNC(=NCC1CC(=O)N(CCc2ccccc2)C1)NCCc1cc(C)ccc1OC.I. The Hall–Kier alpha value is -2.29. The fraction of sp³-hybridized carbons (Fsp3) is 0.462. The molecule has 1 amide bonds. The van der Waals surface area contributed by atoms with Crippen LogP contribution in [0.4, 0.5) is 0 Å². The zero-order chi connectivity index (χ0) is 22.8. The van der Waals surface area contributed by atoms with Crippen LogP contribution in [-0.4, -0.2) is 56.6 Å². The zero-order valence-corrected chi connectivity index (χ0v) is 22.3. The van der Waals surface area contributed by atoms with Crippen molar-refractivity contribution in [1.82, 2.24) is 15.5 Å². The number of guanidine groups is 1. The van der Waals surface area contributed by atoms with Gasteiger partial charge in [-0.3, -0.25) is 9.79 Å². The highest BCUT2D eigenvalue weighted by atomic mass is 127. The van der Waals surface area contributed by atoms with E-state index in [-0.39, 0.29) is 35.8 Å². The monoisotopic (exact) mass is 564 g/mol. The first-order valence-corrected chi connectivity index (χ1v) is 11.6. The molecule has 0 aliphatic carbocycles. The lowest BCUT2D eigenvalue weighted by Gasteiger charge is -2.17. The first-order chi connectivity index (χ1) is 15.6. The molecule has 3 rings (SSSR count). The van der Waals surface area contributed by atoms with Crippen molar-refractivity contribution in [2.45, 2.75) is 33.1 Å². The summed E-state index contributed by atoms with van der Waals surface area (Å²) in [6.07, 6.45) is 2.33. The van der Waals surface area contributed by atoms with Crippen molar-refractivity contribution in [2.24, 2.45) is 10.9 Å². The van der Waals surface area contributed by atoms with Crippen molar-refractivity contribution in [3.63, 3.8) is 0 Å². The Labute approximate surface area is 215 Å². The summed E-state index contributed by atoms with van der Waals surface area (Å²) in [6, 6.07) is 16.6. The number of aliphatic imine (C=N–C) groups is 1. The topological polar surface area (TPSA) is 66.0 Å². The fourth-order valence-electron chi connectivity index (χ4n) is 4.08. The maximum absolute atomic E-state index is 12.4. The third-order valence-electron chi connectivity index (χ3n) is 5.78. The number of aryl methyl sites for hydroxylation is 1. The molecular formula is C26H37IN4O2. The molecular weight excluding hydrogens is 527 g/mol. The van der Waals surface area contributed by atoms with Crippen LogP contribution in [0, 0.1) is 12.8 Å². The normalized spacial score (nSPS) is 15.8. The van der Waals surface area contributed by atoms with E-state index in [2.05, 4.69) is 48.7 Å².